The topological polar surface area (TPSA) is 141 Å². The Morgan fingerprint density at radius 3 is 1.54 bits per heavy atom. The first kappa shape index (κ1) is 41.0. The molecule has 0 saturated carbocycles. The van der Waals surface area contributed by atoms with Gasteiger partial charge in [-0.2, -0.15) is 0 Å². The van der Waals surface area contributed by atoms with Crippen molar-refractivity contribution < 1.29 is 56.4 Å². The molecule has 0 radical (unpaired) electrons. The van der Waals surface area contributed by atoms with E-state index in [1.165, 1.54) is 6.92 Å². The predicted molar refractivity (Wildman–Crippen MR) is 202 cm³/mol. The summed E-state index contributed by atoms with van der Waals surface area (Å²) in [5.74, 6) is -5.04. The summed E-state index contributed by atoms with van der Waals surface area (Å²) in [5.41, 5.74) is 0.550. The lowest BCUT2D eigenvalue weighted by atomic mass is 10.2. The molecule has 0 spiro atoms. The summed E-state index contributed by atoms with van der Waals surface area (Å²) in [5, 5.41) is 0. The van der Waals surface area contributed by atoms with Gasteiger partial charge < -0.3 is 33.5 Å². The number of Topliss-reactive ketones (excluding diaryl/α,β-unsaturated/α-hetero) is 1. The van der Waals surface area contributed by atoms with Gasteiger partial charge in [0.25, 0.3) is 23.6 Å². The first-order chi connectivity index (χ1) is 27.1. The Morgan fingerprint density at radius 2 is 1.09 bits per heavy atom. The van der Waals surface area contributed by atoms with Crippen molar-refractivity contribution in [1.82, 2.24) is 9.80 Å². The van der Waals surface area contributed by atoms with Crippen molar-refractivity contribution in [2.45, 2.75) is 16.7 Å². The van der Waals surface area contributed by atoms with Gasteiger partial charge in [0.2, 0.25) is 0 Å². The van der Waals surface area contributed by atoms with Crippen LogP contribution in [0, 0.1) is 11.6 Å². The van der Waals surface area contributed by atoms with E-state index in [1.54, 1.807) is 58.3 Å². The third-order valence-electron chi connectivity index (χ3n) is 8.63. The summed E-state index contributed by atoms with van der Waals surface area (Å²) in [6.45, 7) is 5.10. The molecule has 0 atom stereocenters. The molecule has 2 fully saturated rings. The van der Waals surface area contributed by atoms with Gasteiger partial charge in [-0.05, 0) is 55.5 Å². The summed E-state index contributed by atoms with van der Waals surface area (Å²) in [4.78, 5) is 70.2. The molecule has 0 aromatic heterocycles. The van der Waals surface area contributed by atoms with E-state index in [0.29, 0.717) is 78.4 Å². The average molecular weight is 812 g/mol. The molecule has 56 heavy (non-hydrogen) atoms. The lowest BCUT2D eigenvalue weighted by Crippen LogP contribution is -2.40. The van der Waals surface area contributed by atoms with Gasteiger partial charge in [0.1, 0.15) is 13.2 Å². The number of hydrogen-bond acceptors (Lipinski definition) is 12. The Kier molecular flexibility index (Phi) is 14.3. The average Bonchev–Trinajstić information content (AvgIpc) is 3.43. The fourth-order valence-electron chi connectivity index (χ4n) is 5.82. The Labute approximate surface area is 330 Å². The zero-order chi connectivity index (χ0) is 39.6. The van der Waals surface area contributed by atoms with E-state index in [1.807, 2.05) is 0 Å². The second-order valence-corrected chi connectivity index (χ2v) is 14.8. The number of ether oxygens (including phenoxy) is 5. The number of ketones is 1. The number of imide groups is 1. The van der Waals surface area contributed by atoms with Crippen molar-refractivity contribution in [3.63, 3.8) is 0 Å². The van der Waals surface area contributed by atoms with Crippen molar-refractivity contribution in [2.75, 3.05) is 90.5 Å². The number of carbonyl (C=O) groups is 5. The molecule has 3 aromatic carbocycles. The highest BCUT2D eigenvalue weighted by atomic mass is 32.2. The smallest absolute Gasteiger partial charge is 0.273 e. The number of halogens is 2. The maximum absolute atomic E-state index is 15.3. The van der Waals surface area contributed by atoms with Gasteiger partial charge in [-0.25, -0.2) is 13.7 Å². The highest BCUT2D eigenvalue weighted by Gasteiger charge is 2.41. The molecule has 3 aliphatic heterocycles. The third-order valence-corrected chi connectivity index (χ3v) is 10.9. The summed E-state index contributed by atoms with van der Waals surface area (Å²) in [6, 6.07) is 14.9. The van der Waals surface area contributed by atoms with Crippen LogP contribution in [0.2, 0.25) is 0 Å². The van der Waals surface area contributed by atoms with Gasteiger partial charge in [-0.3, -0.25) is 24.0 Å². The van der Waals surface area contributed by atoms with Crippen molar-refractivity contribution in [3.8, 4) is 5.75 Å². The molecule has 13 nitrogen and oxygen atoms in total. The molecule has 2 saturated heterocycles. The molecule has 3 aromatic rings. The second kappa shape index (κ2) is 19.5. The minimum absolute atomic E-state index is 0.00583. The molecule has 0 aliphatic carbocycles. The van der Waals surface area contributed by atoms with Crippen molar-refractivity contribution in [1.29, 1.82) is 0 Å². The molecule has 4 amide bonds. The van der Waals surface area contributed by atoms with E-state index >= 15 is 8.78 Å². The van der Waals surface area contributed by atoms with Crippen LogP contribution < -0.4 is 9.64 Å². The first-order valence-electron chi connectivity index (χ1n) is 17.8. The zero-order valence-electron chi connectivity index (χ0n) is 30.5. The molecule has 6 rings (SSSR count). The summed E-state index contributed by atoms with van der Waals surface area (Å²) < 4.78 is 57.0. The van der Waals surface area contributed by atoms with Crippen LogP contribution in [-0.2, 0) is 33.3 Å². The predicted octanol–water partition coefficient (Wildman–Crippen LogP) is 4.58. The molecule has 0 unspecified atom stereocenters. The lowest BCUT2D eigenvalue weighted by Gasteiger charge is -2.26. The standard InChI is InChI=1S/C39H39F2N3O10S2/c1-25(45)24-53-19-18-52-20-21-54-33-31(40)22-28(23-32(33)41)44-38(48)34(55-29-6-2-26(3-7-29)36(46)42-10-14-50-15-11-42)35(39(44)49)56-30-8-4-27(5-9-30)37(47)43-12-16-51-17-13-43/h2-9,22-23H,10-21,24H2,1H3. The number of nitrogens with zero attached hydrogens (tertiary/aromatic N) is 3. The van der Waals surface area contributed by atoms with E-state index in [4.69, 9.17) is 23.7 Å². The molecule has 3 heterocycles. The van der Waals surface area contributed by atoms with Crippen molar-refractivity contribution in [2.24, 2.45) is 0 Å². The van der Waals surface area contributed by atoms with E-state index in [-0.39, 0.29) is 66.1 Å². The Balaban J connectivity index is 1.19. The van der Waals surface area contributed by atoms with Gasteiger partial charge in [0, 0.05) is 59.2 Å². The fraction of sp³-hybridized carbons (Fsp3) is 0.359. The monoisotopic (exact) mass is 811 g/mol. The first-order valence-corrected chi connectivity index (χ1v) is 19.4. The number of thioether (sulfide) groups is 2. The number of hydrogen-bond donors (Lipinski definition) is 0. The van der Waals surface area contributed by atoms with Crippen LogP contribution in [0.15, 0.2) is 80.3 Å². The minimum atomic E-state index is -1.14. The second-order valence-electron chi connectivity index (χ2n) is 12.6. The van der Waals surface area contributed by atoms with E-state index < -0.39 is 29.2 Å². The fourth-order valence-corrected chi connectivity index (χ4v) is 7.80. The summed E-state index contributed by atoms with van der Waals surface area (Å²) >= 11 is 1.97. The molecule has 17 heteroatoms. The Hall–Kier alpha value is -4.65. The maximum atomic E-state index is 15.3. The molecule has 0 N–H and O–H groups in total. The van der Waals surface area contributed by atoms with Crippen LogP contribution in [-0.4, -0.2) is 125 Å². The molecule has 3 aliphatic rings. The highest BCUT2D eigenvalue weighted by Crippen LogP contribution is 2.44. The van der Waals surface area contributed by atoms with E-state index in [0.717, 1.165) is 35.7 Å². The quantitative estimate of drug-likeness (QED) is 0.148. The number of amides is 4. The molecular weight excluding hydrogens is 773 g/mol. The molecule has 0 bridgehead atoms. The molecular formula is C39H39F2N3O10S2. The largest absolute Gasteiger partial charge is 0.485 e. The van der Waals surface area contributed by atoms with Crippen LogP contribution in [0.4, 0.5) is 14.5 Å². The van der Waals surface area contributed by atoms with Gasteiger partial charge in [-0.15, -0.1) is 0 Å². The maximum Gasteiger partial charge on any atom is 0.273 e. The number of benzene rings is 3. The van der Waals surface area contributed by atoms with Gasteiger partial charge >= 0.3 is 0 Å². The number of anilines is 1. The lowest BCUT2D eigenvalue weighted by molar-refractivity contribution is -0.122. The van der Waals surface area contributed by atoms with Crippen LogP contribution >= 0.6 is 23.5 Å². The zero-order valence-corrected chi connectivity index (χ0v) is 32.1. The summed E-state index contributed by atoms with van der Waals surface area (Å²) in [6.07, 6.45) is 0. The van der Waals surface area contributed by atoms with Gasteiger partial charge in [-0.1, -0.05) is 23.5 Å². The van der Waals surface area contributed by atoms with Crippen molar-refractivity contribution in [3.05, 3.63) is 93.2 Å². The van der Waals surface area contributed by atoms with Crippen LogP contribution in [0.3, 0.4) is 0 Å². The van der Waals surface area contributed by atoms with Crippen LogP contribution in [0.5, 0.6) is 5.75 Å². The van der Waals surface area contributed by atoms with Crippen LogP contribution in [0.25, 0.3) is 0 Å². The van der Waals surface area contributed by atoms with E-state index in [2.05, 4.69) is 0 Å². The van der Waals surface area contributed by atoms with Gasteiger partial charge in [0.05, 0.1) is 61.7 Å². The minimum Gasteiger partial charge on any atom is -0.485 e. The normalized spacial score (nSPS) is 16.2. The number of rotatable bonds is 16. The highest BCUT2D eigenvalue weighted by molar-refractivity contribution is 8.08. The van der Waals surface area contributed by atoms with Gasteiger partial charge in [0.15, 0.2) is 23.2 Å². The number of carbonyl (C=O) groups excluding carboxylic acids is 5. The Bertz CT molecular complexity index is 1850. The SMILES string of the molecule is CC(=O)COCCOCCOc1c(F)cc(N2C(=O)C(Sc3ccc(C(=O)N4CCOCC4)cc3)=C(Sc3ccc(C(=O)N4CCOCC4)cc3)C2=O)cc1F. The van der Waals surface area contributed by atoms with Crippen LogP contribution in [0.1, 0.15) is 27.6 Å². The Morgan fingerprint density at radius 1 is 0.661 bits per heavy atom. The number of morpholine rings is 2. The van der Waals surface area contributed by atoms with Crippen molar-refractivity contribution >= 4 is 58.6 Å². The summed E-state index contributed by atoms with van der Waals surface area (Å²) in [7, 11) is 0. The third kappa shape index (κ3) is 10.2. The van der Waals surface area contributed by atoms with E-state index in [9.17, 15) is 24.0 Å². The molecule has 296 valence electrons.